The molecule has 1 aliphatic heterocycles. The van der Waals surface area contributed by atoms with Crippen LogP contribution in [0.4, 0.5) is 11.4 Å². The van der Waals surface area contributed by atoms with Crippen molar-refractivity contribution < 1.29 is 9.84 Å². The summed E-state index contributed by atoms with van der Waals surface area (Å²) in [5.74, 6) is 1.56. The van der Waals surface area contributed by atoms with Crippen molar-refractivity contribution in [3.05, 3.63) is 94.0 Å². The first kappa shape index (κ1) is 20.8. The topological polar surface area (TPSA) is 53.8 Å². The molecule has 0 radical (unpaired) electrons. The molecule has 3 aromatic carbocycles. The summed E-state index contributed by atoms with van der Waals surface area (Å²) in [6.45, 7) is 2.37. The molecule has 2 N–H and O–H groups in total. The van der Waals surface area contributed by atoms with Crippen LogP contribution >= 0.6 is 15.9 Å². The molecule has 0 saturated carbocycles. The van der Waals surface area contributed by atoms with E-state index in [4.69, 9.17) is 4.74 Å². The quantitative estimate of drug-likeness (QED) is 0.296. The average molecular weight is 489 g/mol. The summed E-state index contributed by atoms with van der Waals surface area (Å²) < 4.78 is 6.09. The fraction of sp³-hybridized carbons (Fsp3) is 0.222. The third kappa shape index (κ3) is 3.93. The van der Waals surface area contributed by atoms with Gasteiger partial charge >= 0.3 is 0 Å². The fourth-order valence-corrected chi connectivity index (χ4v) is 5.18. The Balaban J connectivity index is 1.36. The number of nitrogens with zero attached hydrogens (tertiary/aromatic N) is 1. The van der Waals surface area contributed by atoms with Gasteiger partial charge in [0.1, 0.15) is 0 Å². The molecule has 5 heteroatoms. The molecular formula is C27H25BrN2O2. The predicted molar refractivity (Wildman–Crippen MR) is 133 cm³/mol. The van der Waals surface area contributed by atoms with Crippen molar-refractivity contribution in [3.8, 4) is 11.5 Å². The Morgan fingerprint density at radius 1 is 1.16 bits per heavy atom. The number of aliphatic imine (C=N–C) groups is 1. The molecule has 162 valence electrons. The lowest BCUT2D eigenvalue weighted by atomic mass is 9.77. The van der Waals surface area contributed by atoms with E-state index in [1.165, 1.54) is 16.8 Å². The summed E-state index contributed by atoms with van der Waals surface area (Å²) in [4.78, 5) is 4.62. The van der Waals surface area contributed by atoms with Crippen molar-refractivity contribution in [2.24, 2.45) is 10.9 Å². The van der Waals surface area contributed by atoms with E-state index in [9.17, 15) is 5.11 Å². The summed E-state index contributed by atoms with van der Waals surface area (Å²) in [5, 5.41) is 13.9. The van der Waals surface area contributed by atoms with E-state index in [1.807, 2.05) is 13.0 Å². The second-order valence-corrected chi connectivity index (χ2v) is 9.05. The third-order valence-corrected chi connectivity index (χ3v) is 6.84. The van der Waals surface area contributed by atoms with Gasteiger partial charge in [-0.15, -0.1) is 0 Å². The Hall–Kier alpha value is -3.05. The highest BCUT2D eigenvalue weighted by Crippen LogP contribution is 2.49. The van der Waals surface area contributed by atoms with E-state index in [1.54, 1.807) is 12.3 Å². The zero-order chi connectivity index (χ0) is 22.1. The molecule has 0 aromatic heterocycles. The molecule has 1 heterocycles. The van der Waals surface area contributed by atoms with E-state index in [2.05, 4.69) is 86.9 Å². The van der Waals surface area contributed by atoms with Crippen molar-refractivity contribution in [3.63, 3.8) is 0 Å². The van der Waals surface area contributed by atoms with Crippen molar-refractivity contribution >= 4 is 33.5 Å². The number of aromatic hydroxyl groups is 1. The number of phenolic OH excluding ortho intramolecular Hbond substituents is 1. The van der Waals surface area contributed by atoms with Gasteiger partial charge < -0.3 is 15.2 Å². The lowest BCUT2D eigenvalue weighted by molar-refractivity contribution is 0.317. The fourth-order valence-electron chi connectivity index (χ4n) is 4.72. The number of halogens is 1. The molecule has 1 aliphatic carbocycles. The van der Waals surface area contributed by atoms with Gasteiger partial charge in [-0.25, -0.2) is 0 Å². The molecule has 0 bridgehead atoms. The molecular weight excluding hydrogens is 464 g/mol. The van der Waals surface area contributed by atoms with Gasteiger partial charge in [-0.05, 0) is 82.2 Å². The lowest BCUT2D eigenvalue weighted by Crippen LogP contribution is -2.28. The number of fused-ring (bicyclic) bond motifs is 3. The number of allylic oxidation sites excluding steroid dienone is 2. The maximum Gasteiger partial charge on any atom is 0.172 e. The van der Waals surface area contributed by atoms with Gasteiger partial charge in [0.15, 0.2) is 11.5 Å². The monoisotopic (exact) mass is 488 g/mol. The third-order valence-electron chi connectivity index (χ3n) is 6.24. The summed E-state index contributed by atoms with van der Waals surface area (Å²) in [7, 11) is 0. The number of benzene rings is 3. The minimum absolute atomic E-state index is 0.106. The molecule has 0 spiro atoms. The maximum atomic E-state index is 10.1. The van der Waals surface area contributed by atoms with Crippen molar-refractivity contribution in [2.45, 2.75) is 25.3 Å². The second kappa shape index (κ2) is 8.83. The number of hydrogen-bond donors (Lipinski definition) is 2. The van der Waals surface area contributed by atoms with Crippen LogP contribution < -0.4 is 10.1 Å². The van der Waals surface area contributed by atoms with E-state index in [-0.39, 0.29) is 11.8 Å². The molecule has 0 saturated heterocycles. The number of para-hydroxylation sites is 1. The van der Waals surface area contributed by atoms with Gasteiger partial charge in [0.25, 0.3) is 0 Å². The predicted octanol–water partition coefficient (Wildman–Crippen LogP) is 7.13. The van der Waals surface area contributed by atoms with E-state index >= 15 is 0 Å². The Bertz CT molecular complexity index is 1190. The number of hydrogen-bond acceptors (Lipinski definition) is 4. The van der Waals surface area contributed by atoms with Crippen molar-refractivity contribution in [2.75, 3.05) is 11.9 Å². The van der Waals surface area contributed by atoms with Gasteiger partial charge in [0, 0.05) is 17.8 Å². The van der Waals surface area contributed by atoms with Crippen LogP contribution in [0.3, 0.4) is 0 Å². The van der Waals surface area contributed by atoms with Gasteiger partial charge in [-0.1, -0.05) is 42.5 Å². The first-order valence-corrected chi connectivity index (χ1v) is 11.7. The Morgan fingerprint density at radius 2 is 1.97 bits per heavy atom. The zero-order valence-corrected chi connectivity index (χ0v) is 19.4. The van der Waals surface area contributed by atoms with Crippen LogP contribution in [0.5, 0.6) is 11.5 Å². The van der Waals surface area contributed by atoms with E-state index in [0.29, 0.717) is 28.7 Å². The van der Waals surface area contributed by atoms with Crippen LogP contribution in [0.1, 0.15) is 42.0 Å². The number of anilines is 1. The largest absolute Gasteiger partial charge is 0.503 e. The van der Waals surface area contributed by atoms with Crippen LogP contribution in [0.15, 0.2) is 82.3 Å². The average Bonchev–Trinajstić information content (AvgIpc) is 3.31. The number of nitrogens with one attached hydrogen (secondary N) is 1. The van der Waals surface area contributed by atoms with Crippen LogP contribution in [-0.4, -0.2) is 17.9 Å². The zero-order valence-electron chi connectivity index (χ0n) is 17.8. The Morgan fingerprint density at radius 3 is 2.78 bits per heavy atom. The molecule has 4 nitrogen and oxygen atoms in total. The second-order valence-electron chi connectivity index (χ2n) is 8.19. The molecule has 3 aromatic rings. The van der Waals surface area contributed by atoms with E-state index in [0.717, 1.165) is 17.7 Å². The highest BCUT2D eigenvalue weighted by atomic mass is 79.9. The molecule has 0 amide bonds. The maximum absolute atomic E-state index is 10.1. The number of phenols is 1. The Labute approximate surface area is 196 Å². The molecule has 5 rings (SSSR count). The first-order chi connectivity index (χ1) is 15.6. The van der Waals surface area contributed by atoms with Crippen LogP contribution in [0.25, 0.3) is 0 Å². The smallest absolute Gasteiger partial charge is 0.172 e. The first-order valence-electron chi connectivity index (χ1n) is 11.0. The van der Waals surface area contributed by atoms with Crippen LogP contribution in [-0.2, 0) is 0 Å². The highest BCUT2D eigenvalue weighted by Gasteiger charge is 2.37. The van der Waals surface area contributed by atoms with Crippen molar-refractivity contribution in [1.82, 2.24) is 0 Å². The number of rotatable bonds is 5. The van der Waals surface area contributed by atoms with Crippen LogP contribution in [0, 0.1) is 5.92 Å². The Kier molecular flexibility index (Phi) is 5.75. The van der Waals surface area contributed by atoms with Crippen molar-refractivity contribution in [1.29, 1.82) is 0 Å². The van der Waals surface area contributed by atoms with Crippen LogP contribution in [0.2, 0.25) is 0 Å². The SMILES string of the molecule is CCOc1cc(C=Nc2ccc([C@@H]3Nc4ccccc4[C@H]4C=CC[C@@H]43)cc2)cc(Br)c1O. The minimum atomic E-state index is 0.106. The van der Waals surface area contributed by atoms with Gasteiger partial charge in [0.05, 0.1) is 22.8 Å². The standard InChI is InChI=1S/C27H25BrN2O2/c1-2-32-25-15-17(14-23(28)27(25)31)16-29-19-12-10-18(11-13-19)26-22-8-5-7-20(22)21-6-3-4-9-24(21)30-26/h3-7,9-16,20,22,26,30-31H,2,8H2,1H3/t20-,22+,26+/m1/s1. The molecule has 2 aliphatic rings. The van der Waals surface area contributed by atoms with Gasteiger partial charge in [-0.3, -0.25) is 4.99 Å². The number of ether oxygens (including phenoxy) is 1. The van der Waals surface area contributed by atoms with Gasteiger partial charge in [-0.2, -0.15) is 0 Å². The lowest BCUT2D eigenvalue weighted by Gasteiger charge is -2.37. The molecule has 0 fully saturated rings. The summed E-state index contributed by atoms with van der Waals surface area (Å²) >= 11 is 3.38. The van der Waals surface area contributed by atoms with Gasteiger partial charge in [0.2, 0.25) is 0 Å². The molecule has 32 heavy (non-hydrogen) atoms. The highest BCUT2D eigenvalue weighted by molar-refractivity contribution is 9.10. The normalized spacial score (nSPS) is 21.2. The summed E-state index contributed by atoms with van der Waals surface area (Å²) in [5.41, 5.74) is 5.65. The van der Waals surface area contributed by atoms with E-state index < -0.39 is 0 Å². The minimum Gasteiger partial charge on any atom is -0.503 e. The molecule has 0 unspecified atom stereocenters. The summed E-state index contributed by atoms with van der Waals surface area (Å²) in [6, 6.07) is 21.0. The molecule has 3 atom stereocenters. The summed E-state index contributed by atoms with van der Waals surface area (Å²) in [6.07, 6.45) is 7.56.